The maximum atomic E-state index is 13.8. The van der Waals surface area contributed by atoms with E-state index in [1.54, 1.807) is 22.6 Å². The standard InChI is InChI=1S/C10H2Cl2FIN2/c11-6-1-5-7(12)4(2-15)3-16-10(5)8(13)9(6)14/h1,3H. The molecule has 1 aromatic heterocycles. The van der Waals surface area contributed by atoms with Gasteiger partial charge in [0.2, 0.25) is 0 Å². The molecule has 0 bridgehead atoms. The van der Waals surface area contributed by atoms with Crippen molar-refractivity contribution < 1.29 is 4.39 Å². The third kappa shape index (κ3) is 1.73. The van der Waals surface area contributed by atoms with Gasteiger partial charge in [0.15, 0.2) is 5.82 Å². The zero-order valence-corrected chi connectivity index (χ0v) is 11.2. The molecule has 0 unspecified atom stereocenters. The number of nitriles is 1. The van der Waals surface area contributed by atoms with E-state index in [0.29, 0.717) is 8.96 Å². The molecule has 2 aromatic rings. The summed E-state index contributed by atoms with van der Waals surface area (Å²) in [5.41, 5.74) is 0.323. The molecule has 0 amide bonds. The number of hydrogen-bond acceptors (Lipinski definition) is 2. The molecular weight excluding hydrogens is 365 g/mol. The highest BCUT2D eigenvalue weighted by atomic mass is 127. The van der Waals surface area contributed by atoms with E-state index < -0.39 is 5.82 Å². The Kier molecular flexibility index (Phi) is 3.19. The highest BCUT2D eigenvalue weighted by Crippen LogP contribution is 2.33. The molecule has 0 N–H and O–H groups in total. The highest BCUT2D eigenvalue weighted by molar-refractivity contribution is 14.1. The van der Waals surface area contributed by atoms with Crippen LogP contribution in [0.4, 0.5) is 4.39 Å². The third-order valence-corrected chi connectivity index (χ3v) is 4.13. The Bertz CT molecular complexity index is 637. The first kappa shape index (κ1) is 11.8. The quantitative estimate of drug-likeness (QED) is 0.518. The lowest BCUT2D eigenvalue weighted by Gasteiger charge is -2.05. The number of aromatic nitrogens is 1. The van der Waals surface area contributed by atoms with Crippen molar-refractivity contribution >= 4 is 56.7 Å². The van der Waals surface area contributed by atoms with Crippen LogP contribution < -0.4 is 0 Å². The van der Waals surface area contributed by atoms with E-state index in [1.165, 1.54) is 12.3 Å². The monoisotopic (exact) mass is 366 g/mol. The van der Waals surface area contributed by atoms with Gasteiger partial charge in [-0.1, -0.05) is 23.2 Å². The lowest BCUT2D eigenvalue weighted by Crippen LogP contribution is -1.92. The van der Waals surface area contributed by atoms with Crippen molar-refractivity contribution in [2.45, 2.75) is 0 Å². The van der Waals surface area contributed by atoms with Crippen LogP contribution in [0, 0.1) is 20.7 Å². The molecule has 0 saturated carbocycles. The molecule has 0 saturated heterocycles. The second-order valence-corrected chi connectivity index (χ2v) is 4.84. The van der Waals surface area contributed by atoms with Gasteiger partial charge < -0.3 is 0 Å². The second-order valence-electron chi connectivity index (χ2n) is 2.98. The van der Waals surface area contributed by atoms with Crippen molar-refractivity contribution in [1.82, 2.24) is 4.98 Å². The van der Waals surface area contributed by atoms with Crippen LogP contribution in [0.5, 0.6) is 0 Å². The van der Waals surface area contributed by atoms with Crippen LogP contribution in [-0.4, -0.2) is 4.98 Å². The molecule has 80 valence electrons. The van der Waals surface area contributed by atoms with Gasteiger partial charge in [-0.2, -0.15) is 5.26 Å². The van der Waals surface area contributed by atoms with Crippen molar-refractivity contribution in [2.24, 2.45) is 0 Å². The molecule has 0 fully saturated rings. The number of nitrogens with zero attached hydrogens (tertiary/aromatic N) is 2. The molecule has 0 aliphatic rings. The van der Waals surface area contributed by atoms with E-state index in [-0.39, 0.29) is 21.1 Å². The third-order valence-electron chi connectivity index (χ3n) is 2.05. The average Bonchev–Trinajstić information content (AvgIpc) is 2.28. The van der Waals surface area contributed by atoms with Gasteiger partial charge in [0.1, 0.15) is 11.6 Å². The topological polar surface area (TPSA) is 36.7 Å². The van der Waals surface area contributed by atoms with Crippen LogP contribution in [0.3, 0.4) is 0 Å². The summed E-state index contributed by atoms with van der Waals surface area (Å²) >= 11 is 13.6. The SMILES string of the molecule is N#Cc1cnc2c(F)c(I)c(Cl)cc2c1Cl. The summed E-state index contributed by atoms with van der Waals surface area (Å²) < 4.78 is 14.1. The van der Waals surface area contributed by atoms with Gasteiger partial charge in [0.25, 0.3) is 0 Å². The van der Waals surface area contributed by atoms with Gasteiger partial charge in [-0.05, 0) is 28.7 Å². The molecule has 0 atom stereocenters. The van der Waals surface area contributed by atoms with E-state index in [4.69, 9.17) is 28.5 Å². The van der Waals surface area contributed by atoms with Crippen LogP contribution in [0.2, 0.25) is 10.0 Å². The molecule has 0 aliphatic heterocycles. The van der Waals surface area contributed by atoms with Gasteiger partial charge in [-0.3, -0.25) is 4.98 Å². The van der Waals surface area contributed by atoms with Crippen LogP contribution in [0.1, 0.15) is 5.56 Å². The molecule has 6 heteroatoms. The number of halogens is 4. The second kappa shape index (κ2) is 4.32. The molecule has 1 heterocycles. The predicted octanol–water partition coefficient (Wildman–Crippen LogP) is 4.16. The first-order valence-corrected chi connectivity index (χ1v) is 5.91. The van der Waals surface area contributed by atoms with Crippen LogP contribution in [0.25, 0.3) is 10.9 Å². The largest absolute Gasteiger partial charge is 0.252 e. The fourth-order valence-corrected chi connectivity index (χ4v) is 2.13. The van der Waals surface area contributed by atoms with Gasteiger partial charge >= 0.3 is 0 Å². The normalized spacial score (nSPS) is 10.4. The molecule has 2 rings (SSSR count). The van der Waals surface area contributed by atoms with Crippen molar-refractivity contribution in [3.63, 3.8) is 0 Å². The number of fused-ring (bicyclic) bond motifs is 1. The summed E-state index contributed by atoms with van der Waals surface area (Å²) in [5, 5.41) is 9.54. The fraction of sp³-hybridized carbons (Fsp3) is 0. The summed E-state index contributed by atoms with van der Waals surface area (Å²) in [5.74, 6) is -0.519. The smallest absolute Gasteiger partial charge is 0.164 e. The van der Waals surface area contributed by atoms with Crippen LogP contribution in [0.15, 0.2) is 12.3 Å². The number of pyridine rings is 1. The Morgan fingerprint density at radius 1 is 1.44 bits per heavy atom. The average molecular weight is 367 g/mol. The Balaban J connectivity index is 2.98. The van der Waals surface area contributed by atoms with E-state index in [1.807, 2.05) is 6.07 Å². The molecule has 0 radical (unpaired) electrons. The maximum absolute atomic E-state index is 13.8. The van der Waals surface area contributed by atoms with Gasteiger partial charge in [-0.15, -0.1) is 0 Å². The number of hydrogen-bond donors (Lipinski definition) is 0. The molecular formula is C10H2Cl2FIN2. The van der Waals surface area contributed by atoms with Crippen molar-refractivity contribution in [3.8, 4) is 6.07 Å². The summed E-state index contributed by atoms with van der Waals surface area (Å²) in [6.07, 6.45) is 1.25. The molecule has 16 heavy (non-hydrogen) atoms. The summed E-state index contributed by atoms with van der Waals surface area (Å²) in [4.78, 5) is 3.87. The Labute approximate surface area is 114 Å². The van der Waals surface area contributed by atoms with Gasteiger partial charge in [0.05, 0.1) is 19.2 Å². The van der Waals surface area contributed by atoms with Crippen molar-refractivity contribution in [3.05, 3.63) is 37.3 Å². The minimum Gasteiger partial charge on any atom is -0.252 e. The Morgan fingerprint density at radius 3 is 2.75 bits per heavy atom. The lowest BCUT2D eigenvalue weighted by molar-refractivity contribution is 0.629. The van der Waals surface area contributed by atoms with Crippen molar-refractivity contribution in [2.75, 3.05) is 0 Å². The van der Waals surface area contributed by atoms with Crippen LogP contribution in [-0.2, 0) is 0 Å². The number of rotatable bonds is 0. The minimum atomic E-state index is -0.519. The summed E-state index contributed by atoms with van der Waals surface area (Å²) in [6.45, 7) is 0. The highest BCUT2D eigenvalue weighted by Gasteiger charge is 2.15. The van der Waals surface area contributed by atoms with E-state index in [2.05, 4.69) is 4.98 Å². The van der Waals surface area contributed by atoms with E-state index >= 15 is 0 Å². The lowest BCUT2D eigenvalue weighted by atomic mass is 10.1. The van der Waals surface area contributed by atoms with Gasteiger partial charge in [0, 0.05) is 11.6 Å². The first-order valence-electron chi connectivity index (χ1n) is 4.08. The van der Waals surface area contributed by atoms with E-state index in [0.717, 1.165) is 0 Å². The zero-order chi connectivity index (χ0) is 11.9. The fourth-order valence-electron chi connectivity index (χ4n) is 1.29. The molecule has 1 aromatic carbocycles. The summed E-state index contributed by atoms with van der Waals surface area (Å²) in [7, 11) is 0. The minimum absolute atomic E-state index is 0.123. The molecule has 2 nitrogen and oxygen atoms in total. The zero-order valence-electron chi connectivity index (χ0n) is 7.56. The predicted molar refractivity (Wildman–Crippen MR) is 69.2 cm³/mol. The Hall–Kier alpha value is -0.640. The van der Waals surface area contributed by atoms with E-state index in [9.17, 15) is 4.39 Å². The Morgan fingerprint density at radius 2 is 2.12 bits per heavy atom. The summed E-state index contributed by atoms with van der Waals surface area (Å²) in [6, 6.07) is 3.39. The molecule has 0 aliphatic carbocycles. The van der Waals surface area contributed by atoms with Crippen LogP contribution >= 0.6 is 45.8 Å². The number of benzene rings is 1. The first-order chi connectivity index (χ1) is 7.56. The van der Waals surface area contributed by atoms with Crippen molar-refractivity contribution in [1.29, 1.82) is 5.26 Å². The molecule has 0 spiro atoms. The van der Waals surface area contributed by atoms with Gasteiger partial charge in [-0.25, -0.2) is 4.39 Å². The maximum Gasteiger partial charge on any atom is 0.164 e.